The number of rotatable bonds is 4. The van der Waals surface area contributed by atoms with Gasteiger partial charge < -0.3 is 14.2 Å². The Labute approximate surface area is 195 Å². The number of esters is 3. The molecule has 0 saturated heterocycles. The minimum absolute atomic E-state index is 0.0473. The largest absolute Gasteiger partial charge is 0.469 e. The number of methoxy groups -OCH3 is 3. The summed E-state index contributed by atoms with van der Waals surface area (Å²) in [5.74, 6) is -2.81. The summed E-state index contributed by atoms with van der Waals surface area (Å²) < 4.78 is 15.6. The van der Waals surface area contributed by atoms with E-state index in [1.54, 1.807) is 0 Å². The maximum Gasteiger partial charge on any atom is 0.311 e. The summed E-state index contributed by atoms with van der Waals surface area (Å²) in [5, 5.41) is 0. The van der Waals surface area contributed by atoms with Gasteiger partial charge in [-0.05, 0) is 68.8 Å². The molecule has 0 amide bonds. The van der Waals surface area contributed by atoms with Gasteiger partial charge in [0.2, 0.25) is 0 Å². The first kappa shape index (κ1) is 24.0. The van der Waals surface area contributed by atoms with Crippen LogP contribution in [0.4, 0.5) is 0 Å². The molecule has 3 fully saturated rings. The summed E-state index contributed by atoms with van der Waals surface area (Å²) >= 11 is 0. The Hall–Kier alpha value is -2.18. The molecule has 182 valence electrons. The Morgan fingerprint density at radius 2 is 1.58 bits per heavy atom. The van der Waals surface area contributed by atoms with Crippen molar-refractivity contribution in [2.24, 2.45) is 45.8 Å². The highest BCUT2D eigenvalue weighted by atomic mass is 16.5. The molecule has 0 radical (unpaired) electrons. The summed E-state index contributed by atoms with van der Waals surface area (Å²) in [6.07, 6.45) is 6.58. The number of Topliss-reactive ketones (excluding diaryl/α,β-unsaturated/α-hetero) is 1. The maximum absolute atomic E-state index is 13.2. The van der Waals surface area contributed by atoms with E-state index < -0.39 is 40.5 Å². The Morgan fingerprint density at radius 3 is 2.15 bits per heavy atom. The summed E-state index contributed by atoms with van der Waals surface area (Å²) in [7, 11) is 4.12. The van der Waals surface area contributed by atoms with E-state index in [0.29, 0.717) is 24.8 Å². The second-order valence-electron chi connectivity index (χ2n) is 11.1. The lowest BCUT2D eigenvalue weighted by Crippen LogP contribution is -2.66. The van der Waals surface area contributed by atoms with Crippen molar-refractivity contribution in [2.75, 3.05) is 21.3 Å². The van der Waals surface area contributed by atoms with Gasteiger partial charge in [0.1, 0.15) is 0 Å². The molecule has 0 aromatic rings. The number of ketones is 1. The maximum atomic E-state index is 13.2. The Morgan fingerprint density at radius 1 is 0.909 bits per heavy atom. The highest BCUT2D eigenvalue weighted by molar-refractivity contribution is 5.97. The van der Waals surface area contributed by atoms with Gasteiger partial charge in [0.25, 0.3) is 0 Å². The quantitative estimate of drug-likeness (QED) is 0.468. The molecule has 0 aromatic heterocycles. The van der Waals surface area contributed by atoms with Gasteiger partial charge in [0, 0.05) is 11.3 Å². The third-order valence-electron chi connectivity index (χ3n) is 9.96. The predicted octanol–water partition coefficient (Wildman–Crippen LogP) is 3.50. The van der Waals surface area contributed by atoms with E-state index in [1.807, 2.05) is 13.0 Å². The molecule has 7 nitrogen and oxygen atoms in total. The van der Waals surface area contributed by atoms with Gasteiger partial charge in [-0.3, -0.25) is 19.2 Å². The number of carbonyl (C=O) groups excluding carboxylic acids is 4. The summed E-state index contributed by atoms with van der Waals surface area (Å²) in [5.41, 5.74) is -0.865. The fourth-order valence-electron chi connectivity index (χ4n) is 8.74. The van der Waals surface area contributed by atoms with Crippen LogP contribution in [0.5, 0.6) is 0 Å². The number of fused-ring (bicyclic) bond motifs is 2. The molecule has 3 saturated carbocycles. The highest BCUT2D eigenvalue weighted by Crippen LogP contribution is 2.73. The number of ether oxygens (including phenoxy) is 3. The van der Waals surface area contributed by atoms with E-state index >= 15 is 0 Å². The van der Waals surface area contributed by atoms with Crippen molar-refractivity contribution in [1.82, 2.24) is 0 Å². The monoisotopic (exact) mass is 460 g/mol. The van der Waals surface area contributed by atoms with Crippen LogP contribution in [0, 0.1) is 45.8 Å². The zero-order valence-electron chi connectivity index (χ0n) is 20.6. The number of carbonyl (C=O) groups is 4. The van der Waals surface area contributed by atoms with Crippen LogP contribution in [0.2, 0.25) is 0 Å². The highest BCUT2D eigenvalue weighted by Gasteiger charge is 2.71. The van der Waals surface area contributed by atoms with Gasteiger partial charge in [-0.2, -0.15) is 0 Å². The van der Waals surface area contributed by atoms with Crippen LogP contribution in [-0.4, -0.2) is 45.0 Å². The van der Waals surface area contributed by atoms with E-state index in [4.69, 9.17) is 14.2 Å². The minimum Gasteiger partial charge on any atom is -0.469 e. The lowest BCUT2D eigenvalue weighted by atomic mass is 9.34. The second kappa shape index (κ2) is 7.95. The number of hydrogen-bond acceptors (Lipinski definition) is 7. The molecular weight excluding hydrogens is 424 g/mol. The molecule has 5 aliphatic rings. The molecule has 5 aliphatic carbocycles. The zero-order valence-corrected chi connectivity index (χ0v) is 20.6. The lowest BCUT2D eigenvalue weighted by Gasteiger charge is -2.68. The zero-order chi connectivity index (χ0) is 24.3. The smallest absolute Gasteiger partial charge is 0.311 e. The first-order chi connectivity index (χ1) is 15.5. The van der Waals surface area contributed by atoms with Crippen molar-refractivity contribution in [3.63, 3.8) is 0 Å². The van der Waals surface area contributed by atoms with Crippen molar-refractivity contribution in [1.29, 1.82) is 0 Å². The van der Waals surface area contributed by atoms with Crippen molar-refractivity contribution >= 4 is 23.7 Å². The van der Waals surface area contributed by atoms with Crippen LogP contribution in [0.3, 0.4) is 0 Å². The first-order valence-corrected chi connectivity index (χ1v) is 12.0. The van der Waals surface area contributed by atoms with Crippen molar-refractivity contribution in [3.8, 4) is 0 Å². The molecule has 2 bridgehead atoms. The van der Waals surface area contributed by atoms with Crippen LogP contribution in [0.1, 0.15) is 59.3 Å². The van der Waals surface area contributed by atoms with E-state index in [0.717, 1.165) is 19.3 Å². The molecule has 33 heavy (non-hydrogen) atoms. The second-order valence-corrected chi connectivity index (χ2v) is 11.1. The molecule has 0 unspecified atom stereocenters. The fraction of sp³-hybridized carbons (Fsp3) is 0.769. The van der Waals surface area contributed by atoms with Crippen molar-refractivity contribution < 1.29 is 33.4 Å². The molecule has 5 rings (SSSR count). The van der Waals surface area contributed by atoms with E-state index in [9.17, 15) is 19.2 Å². The Bertz CT molecular complexity index is 922. The average molecular weight is 461 g/mol. The fourth-order valence-corrected chi connectivity index (χ4v) is 8.74. The van der Waals surface area contributed by atoms with Gasteiger partial charge in [0.05, 0.1) is 38.6 Å². The van der Waals surface area contributed by atoms with E-state index in [1.165, 1.54) is 28.3 Å². The first-order valence-electron chi connectivity index (χ1n) is 12.0. The Balaban J connectivity index is 1.90. The third-order valence-corrected chi connectivity index (χ3v) is 9.96. The normalized spacial score (nSPS) is 43.5. The lowest BCUT2D eigenvalue weighted by molar-refractivity contribution is -0.209. The molecule has 0 N–H and O–H groups in total. The van der Waals surface area contributed by atoms with Crippen LogP contribution >= 0.6 is 0 Å². The van der Waals surface area contributed by atoms with Gasteiger partial charge in [-0.15, -0.1) is 0 Å². The number of allylic oxidation sites excluding steroid dienone is 2. The molecule has 0 aliphatic heterocycles. The Kier molecular flexibility index (Phi) is 5.77. The SMILES string of the molecule is COC(=O)[C@H]1[C@H]2C[C@H]3[C@@]4(C)CCC[C@@](C)(C(=O)OC)[C@H]4CC[C@@]3(C=C2C(C)=O)[C@H]1C(=O)OC. The van der Waals surface area contributed by atoms with Gasteiger partial charge in [-0.25, -0.2) is 0 Å². The number of hydrogen-bond donors (Lipinski definition) is 0. The van der Waals surface area contributed by atoms with Crippen LogP contribution < -0.4 is 0 Å². The van der Waals surface area contributed by atoms with Crippen LogP contribution in [-0.2, 0) is 33.4 Å². The van der Waals surface area contributed by atoms with Crippen molar-refractivity contribution in [3.05, 3.63) is 11.6 Å². The van der Waals surface area contributed by atoms with E-state index in [-0.39, 0.29) is 29.0 Å². The standard InChI is InChI=1S/C26H36O7/c1-14(27)16-13-26-11-8-17-24(2,9-7-10-25(17,3)23(30)33-6)18(26)12-15(16)19(21(28)31-4)20(26)22(29)32-5/h13,15,17-20H,7-12H2,1-6H3/t15-,17-,18-,19-,20+,24-,25+,26-/m0/s1. The van der Waals surface area contributed by atoms with Gasteiger partial charge in [0.15, 0.2) is 5.78 Å². The molecule has 8 atom stereocenters. The molecule has 0 heterocycles. The third kappa shape index (κ3) is 3.06. The topological polar surface area (TPSA) is 96.0 Å². The minimum atomic E-state index is -0.738. The van der Waals surface area contributed by atoms with Gasteiger partial charge in [-0.1, -0.05) is 19.4 Å². The van der Waals surface area contributed by atoms with Crippen LogP contribution in [0.15, 0.2) is 11.6 Å². The molecular formula is C26H36O7. The summed E-state index contributed by atoms with van der Waals surface area (Å²) in [4.78, 5) is 51.8. The summed E-state index contributed by atoms with van der Waals surface area (Å²) in [6.45, 7) is 5.79. The summed E-state index contributed by atoms with van der Waals surface area (Å²) in [6, 6.07) is 0. The predicted molar refractivity (Wildman–Crippen MR) is 119 cm³/mol. The molecule has 0 aromatic carbocycles. The van der Waals surface area contributed by atoms with Gasteiger partial charge >= 0.3 is 17.9 Å². The average Bonchev–Trinajstić information content (AvgIpc) is 2.80. The molecule has 1 spiro atoms. The molecule has 7 heteroatoms. The van der Waals surface area contributed by atoms with E-state index in [2.05, 4.69) is 6.92 Å². The van der Waals surface area contributed by atoms with Crippen molar-refractivity contribution in [2.45, 2.75) is 59.3 Å². The van der Waals surface area contributed by atoms with Crippen LogP contribution in [0.25, 0.3) is 0 Å².